The minimum absolute atomic E-state index is 0.171. The van der Waals surface area contributed by atoms with E-state index in [1.807, 2.05) is 0 Å². The minimum atomic E-state index is -0.360. The van der Waals surface area contributed by atoms with Gasteiger partial charge in [0.25, 0.3) is 5.56 Å². The van der Waals surface area contributed by atoms with E-state index in [1.54, 1.807) is 0 Å². The van der Waals surface area contributed by atoms with Gasteiger partial charge in [0.15, 0.2) is 0 Å². The maximum atomic E-state index is 11.2. The first-order valence-corrected chi connectivity index (χ1v) is 6.57. The molecule has 0 spiro atoms. The Balaban J connectivity index is 2.26. The van der Waals surface area contributed by atoms with E-state index in [1.165, 1.54) is 6.20 Å². The van der Waals surface area contributed by atoms with Crippen LogP contribution in [0.15, 0.2) is 11.0 Å². The molecule has 0 aliphatic carbocycles. The van der Waals surface area contributed by atoms with E-state index in [9.17, 15) is 4.79 Å². The average Bonchev–Trinajstić information content (AvgIpc) is 2.33. The molecule has 5 nitrogen and oxygen atoms in total. The monoisotopic (exact) mass is 272 g/mol. The van der Waals surface area contributed by atoms with Gasteiger partial charge in [0.2, 0.25) is 0 Å². The standard InChI is InChI=1S/C12H21ClN4O/c1-9(2)17(3)7-5-4-6-14-10-8-15-16-12(18)11(10)13/h8-9H,4-7H2,1-3H3,(H2,14,16,18). The van der Waals surface area contributed by atoms with E-state index in [4.69, 9.17) is 11.6 Å². The zero-order valence-electron chi connectivity index (χ0n) is 11.2. The van der Waals surface area contributed by atoms with Crippen LogP contribution < -0.4 is 10.9 Å². The molecule has 0 amide bonds. The number of H-pyrrole nitrogens is 1. The quantitative estimate of drug-likeness (QED) is 0.745. The number of rotatable bonds is 7. The molecule has 2 N–H and O–H groups in total. The van der Waals surface area contributed by atoms with Crippen molar-refractivity contribution >= 4 is 17.3 Å². The molecular weight excluding hydrogens is 252 g/mol. The van der Waals surface area contributed by atoms with Gasteiger partial charge in [0.05, 0.1) is 11.9 Å². The van der Waals surface area contributed by atoms with Crippen LogP contribution in [0.4, 0.5) is 5.69 Å². The number of hydrogen-bond acceptors (Lipinski definition) is 4. The number of anilines is 1. The molecule has 1 rings (SSSR count). The van der Waals surface area contributed by atoms with Crippen LogP contribution in [-0.4, -0.2) is 41.3 Å². The first-order chi connectivity index (χ1) is 8.52. The van der Waals surface area contributed by atoms with Crippen LogP contribution in [0.3, 0.4) is 0 Å². The Morgan fingerprint density at radius 2 is 2.22 bits per heavy atom. The smallest absolute Gasteiger partial charge is 0.285 e. The second-order valence-electron chi connectivity index (χ2n) is 4.64. The Morgan fingerprint density at radius 3 is 2.89 bits per heavy atom. The van der Waals surface area contributed by atoms with E-state index in [2.05, 4.69) is 41.3 Å². The topological polar surface area (TPSA) is 61.0 Å². The highest BCUT2D eigenvalue weighted by molar-refractivity contribution is 6.32. The van der Waals surface area contributed by atoms with Crippen molar-refractivity contribution in [3.05, 3.63) is 21.6 Å². The second-order valence-corrected chi connectivity index (χ2v) is 5.01. The van der Waals surface area contributed by atoms with E-state index >= 15 is 0 Å². The molecule has 0 bridgehead atoms. The Morgan fingerprint density at radius 1 is 1.50 bits per heavy atom. The molecule has 1 aromatic rings. The van der Waals surface area contributed by atoms with E-state index in [0.29, 0.717) is 11.7 Å². The minimum Gasteiger partial charge on any atom is -0.382 e. The molecule has 1 aromatic heterocycles. The SMILES string of the molecule is CC(C)N(C)CCCCNc1cn[nH]c(=O)c1Cl. The summed E-state index contributed by atoms with van der Waals surface area (Å²) in [6, 6.07) is 0.573. The van der Waals surface area contributed by atoms with Crippen LogP contribution in [0.25, 0.3) is 0 Å². The van der Waals surface area contributed by atoms with Crippen LogP contribution in [0.2, 0.25) is 5.02 Å². The van der Waals surface area contributed by atoms with Gasteiger partial charge in [-0.15, -0.1) is 0 Å². The highest BCUT2D eigenvalue weighted by atomic mass is 35.5. The summed E-state index contributed by atoms with van der Waals surface area (Å²) in [4.78, 5) is 13.5. The third-order valence-corrected chi connectivity index (χ3v) is 3.31. The predicted octanol–water partition coefficient (Wildman–Crippen LogP) is 1.96. The van der Waals surface area contributed by atoms with E-state index in [0.717, 1.165) is 25.9 Å². The number of nitrogens with one attached hydrogen (secondary N) is 2. The van der Waals surface area contributed by atoms with Crippen molar-refractivity contribution in [3.63, 3.8) is 0 Å². The third-order valence-electron chi connectivity index (χ3n) is 2.93. The molecule has 6 heteroatoms. The van der Waals surface area contributed by atoms with Gasteiger partial charge in [0, 0.05) is 12.6 Å². The molecule has 18 heavy (non-hydrogen) atoms. The molecule has 0 atom stereocenters. The molecule has 1 heterocycles. The summed E-state index contributed by atoms with van der Waals surface area (Å²) in [5.74, 6) is 0. The van der Waals surface area contributed by atoms with Gasteiger partial charge in [-0.1, -0.05) is 11.6 Å². The lowest BCUT2D eigenvalue weighted by Crippen LogP contribution is -2.27. The number of aromatic amines is 1. The molecule has 0 radical (unpaired) electrons. The molecule has 0 fully saturated rings. The zero-order chi connectivity index (χ0) is 13.5. The highest BCUT2D eigenvalue weighted by Gasteiger charge is 2.04. The number of halogens is 1. The molecule has 0 aliphatic heterocycles. The van der Waals surface area contributed by atoms with Crippen LogP contribution in [-0.2, 0) is 0 Å². The molecule has 0 saturated heterocycles. The summed E-state index contributed by atoms with van der Waals surface area (Å²) in [6.07, 6.45) is 3.67. The normalized spacial score (nSPS) is 11.2. The molecule has 0 aliphatic rings. The maximum Gasteiger partial charge on any atom is 0.285 e. The Bertz CT molecular complexity index is 419. The summed E-state index contributed by atoms with van der Waals surface area (Å²) in [6.45, 7) is 6.22. The molecule has 0 saturated carbocycles. The van der Waals surface area contributed by atoms with Crippen molar-refractivity contribution in [1.82, 2.24) is 15.1 Å². The van der Waals surface area contributed by atoms with Crippen molar-refractivity contribution in [2.24, 2.45) is 0 Å². The summed E-state index contributed by atoms with van der Waals surface area (Å²) in [7, 11) is 2.12. The van der Waals surface area contributed by atoms with Crippen LogP contribution in [0.1, 0.15) is 26.7 Å². The van der Waals surface area contributed by atoms with Gasteiger partial charge in [0.1, 0.15) is 5.02 Å². The molecular formula is C12H21ClN4O. The predicted molar refractivity (Wildman–Crippen MR) is 75.4 cm³/mol. The second kappa shape index (κ2) is 7.38. The van der Waals surface area contributed by atoms with Gasteiger partial charge in [-0.05, 0) is 40.3 Å². The number of unbranched alkanes of at least 4 members (excludes halogenated alkanes) is 1. The van der Waals surface area contributed by atoms with Crippen molar-refractivity contribution in [3.8, 4) is 0 Å². The van der Waals surface area contributed by atoms with Crippen molar-refractivity contribution < 1.29 is 0 Å². The largest absolute Gasteiger partial charge is 0.382 e. The van der Waals surface area contributed by atoms with Crippen LogP contribution >= 0.6 is 11.6 Å². The van der Waals surface area contributed by atoms with Crippen molar-refractivity contribution in [1.29, 1.82) is 0 Å². The fraction of sp³-hybridized carbons (Fsp3) is 0.667. The number of aromatic nitrogens is 2. The van der Waals surface area contributed by atoms with Gasteiger partial charge in [-0.3, -0.25) is 4.79 Å². The fourth-order valence-electron chi connectivity index (χ4n) is 1.47. The summed E-state index contributed by atoms with van der Waals surface area (Å²) in [5.41, 5.74) is 0.235. The van der Waals surface area contributed by atoms with Crippen molar-refractivity contribution in [2.45, 2.75) is 32.7 Å². The lowest BCUT2D eigenvalue weighted by molar-refractivity contribution is 0.269. The van der Waals surface area contributed by atoms with E-state index < -0.39 is 0 Å². The molecule has 102 valence electrons. The average molecular weight is 273 g/mol. The van der Waals surface area contributed by atoms with E-state index in [-0.39, 0.29) is 10.6 Å². The highest BCUT2D eigenvalue weighted by Crippen LogP contribution is 2.14. The molecule has 0 unspecified atom stereocenters. The first-order valence-electron chi connectivity index (χ1n) is 6.19. The summed E-state index contributed by atoms with van der Waals surface area (Å²) in [5, 5.41) is 9.28. The molecule has 0 aromatic carbocycles. The Labute approximate surface area is 113 Å². The van der Waals surface area contributed by atoms with Crippen LogP contribution in [0.5, 0.6) is 0 Å². The summed E-state index contributed by atoms with van der Waals surface area (Å²) >= 11 is 5.84. The van der Waals surface area contributed by atoms with Gasteiger partial charge < -0.3 is 10.2 Å². The number of nitrogens with zero attached hydrogens (tertiary/aromatic N) is 2. The van der Waals surface area contributed by atoms with Gasteiger partial charge in [-0.25, -0.2) is 5.10 Å². The third kappa shape index (κ3) is 4.66. The van der Waals surface area contributed by atoms with Crippen molar-refractivity contribution in [2.75, 3.05) is 25.5 Å². The zero-order valence-corrected chi connectivity index (χ0v) is 11.9. The lowest BCUT2D eigenvalue weighted by Gasteiger charge is -2.20. The van der Waals surface area contributed by atoms with Crippen LogP contribution in [0, 0.1) is 0 Å². The number of hydrogen-bond donors (Lipinski definition) is 2. The summed E-state index contributed by atoms with van der Waals surface area (Å²) < 4.78 is 0. The fourth-order valence-corrected chi connectivity index (χ4v) is 1.63. The van der Waals surface area contributed by atoms with Gasteiger partial charge >= 0.3 is 0 Å². The first kappa shape index (κ1) is 15.0. The Kier molecular flexibility index (Phi) is 6.15. The van der Waals surface area contributed by atoms with Gasteiger partial charge in [-0.2, -0.15) is 5.10 Å². The maximum absolute atomic E-state index is 11.2. The lowest BCUT2D eigenvalue weighted by atomic mass is 10.2. The Hall–Kier alpha value is -1.07.